The molecule has 3 heteroatoms. The number of hydrogen-bond donors (Lipinski definition) is 1. The molecule has 0 fully saturated rings. The van der Waals surface area contributed by atoms with E-state index in [2.05, 4.69) is 17.2 Å². The third-order valence-electron chi connectivity index (χ3n) is 3.97. The molecule has 0 saturated heterocycles. The zero-order valence-corrected chi connectivity index (χ0v) is 14.4. The molecule has 1 aromatic heterocycles. The highest BCUT2D eigenvalue weighted by molar-refractivity contribution is 5.94. The lowest BCUT2D eigenvalue weighted by molar-refractivity contribution is 0.0952. The van der Waals surface area contributed by atoms with Crippen LogP contribution in [-0.2, 0) is 0 Å². The third-order valence-corrected chi connectivity index (χ3v) is 3.97. The molecule has 22 heavy (non-hydrogen) atoms. The Bertz CT molecular complexity index is 418. The van der Waals surface area contributed by atoms with Crippen LogP contribution in [0, 0.1) is 6.92 Å². The number of rotatable bonds is 12. The smallest absolute Gasteiger partial charge is 0.251 e. The van der Waals surface area contributed by atoms with Crippen LogP contribution in [0.3, 0.4) is 0 Å². The first-order valence-corrected chi connectivity index (χ1v) is 8.95. The summed E-state index contributed by atoms with van der Waals surface area (Å²) in [6.07, 6.45) is 14.9. The fourth-order valence-corrected chi connectivity index (χ4v) is 2.60. The van der Waals surface area contributed by atoms with Crippen molar-refractivity contribution in [3.63, 3.8) is 0 Å². The van der Waals surface area contributed by atoms with Crippen molar-refractivity contribution < 1.29 is 4.79 Å². The zero-order chi connectivity index (χ0) is 16.0. The fourth-order valence-electron chi connectivity index (χ4n) is 2.60. The largest absolute Gasteiger partial charge is 0.352 e. The van der Waals surface area contributed by atoms with Gasteiger partial charge in [-0.25, -0.2) is 0 Å². The fraction of sp³-hybridized carbons (Fsp3) is 0.684. The molecule has 0 unspecified atom stereocenters. The molecule has 0 atom stereocenters. The molecule has 0 aliphatic heterocycles. The summed E-state index contributed by atoms with van der Waals surface area (Å²) in [6.45, 7) is 4.93. The summed E-state index contributed by atoms with van der Waals surface area (Å²) >= 11 is 0. The Kier molecular flexibility index (Phi) is 10.3. The summed E-state index contributed by atoms with van der Waals surface area (Å²) in [5.74, 6) is 0.0152. The van der Waals surface area contributed by atoms with Crippen molar-refractivity contribution in [1.29, 1.82) is 0 Å². The van der Waals surface area contributed by atoms with Crippen molar-refractivity contribution in [3.8, 4) is 0 Å². The summed E-state index contributed by atoms with van der Waals surface area (Å²) in [7, 11) is 0. The van der Waals surface area contributed by atoms with E-state index in [9.17, 15) is 4.79 Å². The number of hydrogen-bond acceptors (Lipinski definition) is 2. The van der Waals surface area contributed by atoms with Crippen molar-refractivity contribution in [2.24, 2.45) is 0 Å². The van der Waals surface area contributed by atoms with Gasteiger partial charge >= 0.3 is 0 Å². The van der Waals surface area contributed by atoms with Crippen LogP contribution in [0.1, 0.15) is 87.2 Å². The van der Waals surface area contributed by atoms with E-state index in [0.29, 0.717) is 5.56 Å². The van der Waals surface area contributed by atoms with Crippen molar-refractivity contribution in [1.82, 2.24) is 10.3 Å². The minimum atomic E-state index is 0.0152. The van der Waals surface area contributed by atoms with Gasteiger partial charge in [0.15, 0.2) is 0 Å². The monoisotopic (exact) mass is 304 g/mol. The van der Waals surface area contributed by atoms with Crippen LogP contribution < -0.4 is 5.32 Å². The van der Waals surface area contributed by atoms with E-state index in [1.165, 1.54) is 57.8 Å². The number of amides is 1. The molecular formula is C19H32N2O. The molecular weight excluding hydrogens is 272 g/mol. The quantitative estimate of drug-likeness (QED) is 0.550. The molecule has 1 rings (SSSR count). The van der Waals surface area contributed by atoms with E-state index in [1.807, 2.05) is 13.0 Å². The van der Waals surface area contributed by atoms with Crippen LogP contribution in [0.4, 0.5) is 0 Å². The first kappa shape index (κ1) is 18.7. The number of unbranched alkanes of at least 4 members (excludes halogenated alkanes) is 9. The average molecular weight is 304 g/mol. The van der Waals surface area contributed by atoms with Crippen LogP contribution in [-0.4, -0.2) is 17.4 Å². The minimum Gasteiger partial charge on any atom is -0.352 e. The summed E-state index contributed by atoms with van der Waals surface area (Å²) in [4.78, 5) is 16.0. The number of nitrogens with zero attached hydrogens (tertiary/aromatic N) is 1. The zero-order valence-electron chi connectivity index (χ0n) is 14.4. The Morgan fingerprint density at radius 3 is 2.18 bits per heavy atom. The van der Waals surface area contributed by atoms with Gasteiger partial charge < -0.3 is 5.32 Å². The second-order valence-electron chi connectivity index (χ2n) is 6.12. The van der Waals surface area contributed by atoms with Crippen LogP contribution in [0.2, 0.25) is 0 Å². The highest BCUT2D eigenvalue weighted by atomic mass is 16.1. The Balaban J connectivity index is 1.94. The first-order valence-electron chi connectivity index (χ1n) is 8.95. The van der Waals surface area contributed by atoms with Gasteiger partial charge in [-0.15, -0.1) is 0 Å². The molecule has 0 radical (unpaired) electrons. The maximum Gasteiger partial charge on any atom is 0.251 e. The number of carbonyl (C=O) groups excluding carboxylic acids is 1. The molecule has 0 aliphatic rings. The van der Waals surface area contributed by atoms with E-state index in [1.54, 1.807) is 12.3 Å². The lowest BCUT2D eigenvalue weighted by Crippen LogP contribution is -2.24. The Labute approximate surface area is 135 Å². The number of carbonyl (C=O) groups is 1. The number of nitrogens with one attached hydrogen (secondary N) is 1. The molecule has 0 bridgehead atoms. The van der Waals surface area contributed by atoms with Crippen molar-refractivity contribution in [3.05, 3.63) is 29.6 Å². The standard InChI is InChI=1S/C19H32N2O/c1-3-4-5-6-7-8-9-10-11-12-14-21-19(22)18-13-15-20-17(2)16-18/h13,15-16H,3-12,14H2,1-2H3,(H,21,22). The molecule has 124 valence electrons. The van der Waals surface area contributed by atoms with E-state index >= 15 is 0 Å². The number of aromatic nitrogens is 1. The summed E-state index contributed by atoms with van der Waals surface area (Å²) < 4.78 is 0. The molecule has 0 saturated carbocycles. The van der Waals surface area contributed by atoms with Crippen molar-refractivity contribution in [2.75, 3.05) is 6.54 Å². The number of pyridine rings is 1. The van der Waals surface area contributed by atoms with Crippen LogP contribution in [0.5, 0.6) is 0 Å². The lowest BCUT2D eigenvalue weighted by Gasteiger charge is -2.06. The van der Waals surface area contributed by atoms with Crippen LogP contribution in [0.15, 0.2) is 18.3 Å². The first-order chi connectivity index (χ1) is 10.7. The SMILES string of the molecule is CCCCCCCCCCCCNC(=O)c1ccnc(C)c1. The predicted molar refractivity (Wildman–Crippen MR) is 93.2 cm³/mol. The number of aryl methyl sites for hydroxylation is 1. The lowest BCUT2D eigenvalue weighted by atomic mass is 10.1. The van der Waals surface area contributed by atoms with E-state index in [-0.39, 0.29) is 5.91 Å². The van der Waals surface area contributed by atoms with Crippen molar-refractivity contribution in [2.45, 2.75) is 78.1 Å². The summed E-state index contributed by atoms with van der Waals surface area (Å²) in [5, 5.41) is 2.98. The molecule has 3 nitrogen and oxygen atoms in total. The summed E-state index contributed by atoms with van der Waals surface area (Å²) in [5.41, 5.74) is 1.59. The normalized spacial score (nSPS) is 10.6. The Morgan fingerprint density at radius 1 is 1.00 bits per heavy atom. The van der Waals surface area contributed by atoms with E-state index < -0.39 is 0 Å². The van der Waals surface area contributed by atoms with Gasteiger partial charge in [-0.05, 0) is 25.5 Å². The summed E-state index contributed by atoms with van der Waals surface area (Å²) in [6, 6.07) is 3.59. The van der Waals surface area contributed by atoms with Crippen molar-refractivity contribution >= 4 is 5.91 Å². The maximum atomic E-state index is 11.9. The Hall–Kier alpha value is -1.38. The van der Waals surface area contributed by atoms with E-state index in [4.69, 9.17) is 0 Å². The van der Waals surface area contributed by atoms with Gasteiger partial charge in [0, 0.05) is 24.0 Å². The maximum absolute atomic E-state index is 11.9. The predicted octanol–water partition coefficient (Wildman–Crippen LogP) is 5.04. The van der Waals surface area contributed by atoms with Gasteiger partial charge in [0.25, 0.3) is 5.91 Å². The van der Waals surface area contributed by atoms with Gasteiger partial charge in [0.2, 0.25) is 0 Å². The van der Waals surface area contributed by atoms with Gasteiger partial charge in [0.1, 0.15) is 0 Å². The Morgan fingerprint density at radius 2 is 1.59 bits per heavy atom. The highest BCUT2D eigenvalue weighted by Crippen LogP contribution is 2.10. The second-order valence-corrected chi connectivity index (χ2v) is 6.12. The van der Waals surface area contributed by atoms with Gasteiger partial charge in [-0.3, -0.25) is 9.78 Å². The molecule has 0 aromatic carbocycles. The topological polar surface area (TPSA) is 42.0 Å². The second kappa shape index (κ2) is 12.2. The minimum absolute atomic E-state index is 0.0152. The molecule has 0 aliphatic carbocycles. The van der Waals surface area contributed by atoms with Gasteiger partial charge in [0.05, 0.1) is 0 Å². The molecule has 1 amide bonds. The van der Waals surface area contributed by atoms with Crippen LogP contribution >= 0.6 is 0 Å². The highest BCUT2D eigenvalue weighted by Gasteiger charge is 2.04. The molecule has 1 N–H and O–H groups in total. The molecule has 0 spiro atoms. The average Bonchev–Trinajstić information content (AvgIpc) is 2.52. The van der Waals surface area contributed by atoms with Gasteiger partial charge in [-0.1, -0.05) is 64.7 Å². The van der Waals surface area contributed by atoms with Crippen LogP contribution in [0.25, 0.3) is 0 Å². The molecule has 1 heterocycles. The molecule has 1 aromatic rings. The van der Waals surface area contributed by atoms with Gasteiger partial charge in [-0.2, -0.15) is 0 Å². The van der Waals surface area contributed by atoms with E-state index in [0.717, 1.165) is 18.7 Å². The third kappa shape index (κ3) is 8.81.